The van der Waals surface area contributed by atoms with E-state index in [1.165, 1.54) is 0 Å². The lowest BCUT2D eigenvalue weighted by Crippen LogP contribution is -2.47. The van der Waals surface area contributed by atoms with Crippen LogP contribution in [0.1, 0.15) is 23.2 Å². The van der Waals surface area contributed by atoms with Gasteiger partial charge in [-0.3, -0.25) is 4.79 Å². The number of hydrogen-bond donors (Lipinski definition) is 1. The van der Waals surface area contributed by atoms with Gasteiger partial charge in [0.2, 0.25) is 0 Å². The number of methoxy groups -OCH3 is 1. The minimum Gasteiger partial charge on any atom is -0.497 e. The Morgan fingerprint density at radius 1 is 1.11 bits per heavy atom. The van der Waals surface area contributed by atoms with Crippen LogP contribution in [0, 0.1) is 0 Å². The molecule has 2 aliphatic rings. The van der Waals surface area contributed by atoms with Crippen LogP contribution >= 0.6 is 0 Å². The number of hydrogen-bond acceptors (Lipinski definition) is 6. The molecule has 0 atom stereocenters. The number of nitrogens with one attached hydrogen (secondary N) is 1. The van der Waals surface area contributed by atoms with Gasteiger partial charge in [0.25, 0.3) is 5.91 Å². The maximum absolute atomic E-state index is 12.7. The Labute approximate surface area is 158 Å². The van der Waals surface area contributed by atoms with Crippen molar-refractivity contribution in [3.8, 4) is 5.75 Å². The van der Waals surface area contributed by atoms with E-state index in [0.717, 1.165) is 11.4 Å². The van der Waals surface area contributed by atoms with Crippen molar-refractivity contribution in [3.05, 3.63) is 48.2 Å². The van der Waals surface area contributed by atoms with Gasteiger partial charge in [0.05, 0.1) is 25.9 Å². The highest BCUT2D eigenvalue weighted by atomic mass is 16.7. The Morgan fingerprint density at radius 3 is 2.41 bits per heavy atom. The highest BCUT2D eigenvalue weighted by molar-refractivity contribution is 5.94. The second kappa shape index (κ2) is 7.54. The highest BCUT2D eigenvalue weighted by Crippen LogP contribution is 2.31. The third-order valence-corrected chi connectivity index (χ3v) is 5.00. The summed E-state index contributed by atoms with van der Waals surface area (Å²) in [5.74, 6) is 1.00. The molecule has 0 saturated carbocycles. The first-order valence-electron chi connectivity index (χ1n) is 9.12. The van der Waals surface area contributed by atoms with E-state index in [-0.39, 0.29) is 5.91 Å². The molecule has 3 heterocycles. The average molecular weight is 369 g/mol. The Hall–Kier alpha value is -2.64. The molecule has 0 aliphatic carbocycles. The molecule has 1 spiro atoms. The Bertz CT molecular complexity index is 776. The second-order valence-corrected chi connectivity index (χ2v) is 6.69. The van der Waals surface area contributed by atoms with E-state index in [1.54, 1.807) is 19.4 Å². The molecule has 142 valence electrons. The van der Waals surface area contributed by atoms with Gasteiger partial charge in [-0.2, -0.15) is 0 Å². The van der Waals surface area contributed by atoms with Crippen molar-refractivity contribution in [2.45, 2.75) is 18.6 Å². The molecule has 0 unspecified atom stereocenters. The zero-order chi connectivity index (χ0) is 18.7. The first kappa shape index (κ1) is 17.8. The van der Waals surface area contributed by atoms with Crippen molar-refractivity contribution in [2.75, 3.05) is 38.7 Å². The second-order valence-electron chi connectivity index (χ2n) is 6.69. The molecule has 0 bridgehead atoms. The number of amides is 1. The molecule has 1 amide bonds. The lowest BCUT2D eigenvalue weighted by atomic mass is 10.0. The number of aromatic nitrogens is 1. The largest absolute Gasteiger partial charge is 0.497 e. The van der Waals surface area contributed by atoms with E-state index >= 15 is 0 Å². The third kappa shape index (κ3) is 3.89. The van der Waals surface area contributed by atoms with Gasteiger partial charge in [-0.05, 0) is 36.4 Å². The van der Waals surface area contributed by atoms with Gasteiger partial charge in [0.15, 0.2) is 5.79 Å². The zero-order valence-corrected chi connectivity index (χ0v) is 15.3. The number of pyridine rings is 1. The number of anilines is 2. The SMILES string of the molecule is COc1ccc(Nc2ccc(C(=O)N3CCC4(CC3)OCCO4)cn2)cc1. The monoisotopic (exact) mass is 369 g/mol. The van der Waals surface area contributed by atoms with E-state index in [1.807, 2.05) is 35.2 Å². The predicted octanol–water partition coefficient (Wildman–Crippen LogP) is 2.81. The first-order chi connectivity index (χ1) is 13.2. The number of carbonyl (C=O) groups excluding carboxylic acids is 1. The predicted molar refractivity (Wildman–Crippen MR) is 100 cm³/mol. The molecular weight excluding hydrogens is 346 g/mol. The molecule has 0 radical (unpaired) electrons. The molecule has 2 aliphatic heterocycles. The van der Waals surface area contributed by atoms with Crippen molar-refractivity contribution in [1.82, 2.24) is 9.88 Å². The van der Waals surface area contributed by atoms with Crippen molar-refractivity contribution in [1.29, 1.82) is 0 Å². The number of piperidine rings is 1. The minimum atomic E-state index is -0.471. The lowest BCUT2D eigenvalue weighted by molar-refractivity contribution is -0.181. The summed E-state index contributed by atoms with van der Waals surface area (Å²) in [6.07, 6.45) is 3.04. The number of nitrogens with zero attached hydrogens (tertiary/aromatic N) is 2. The van der Waals surface area contributed by atoms with E-state index < -0.39 is 5.79 Å². The smallest absolute Gasteiger partial charge is 0.255 e. The molecule has 1 aromatic carbocycles. The van der Waals surface area contributed by atoms with Gasteiger partial charge in [0, 0.05) is 37.8 Å². The fraction of sp³-hybridized carbons (Fsp3) is 0.400. The quantitative estimate of drug-likeness (QED) is 0.893. The maximum atomic E-state index is 12.7. The van der Waals surface area contributed by atoms with Gasteiger partial charge in [-0.15, -0.1) is 0 Å². The maximum Gasteiger partial charge on any atom is 0.255 e. The minimum absolute atomic E-state index is 0.00801. The van der Waals surface area contributed by atoms with Crippen LogP contribution in [0.4, 0.5) is 11.5 Å². The Morgan fingerprint density at radius 2 is 1.81 bits per heavy atom. The summed E-state index contributed by atoms with van der Waals surface area (Å²) in [6, 6.07) is 11.2. The Kier molecular flexibility index (Phi) is 4.96. The average Bonchev–Trinajstić information content (AvgIpc) is 3.17. The van der Waals surface area contributed by atoms with Crippen LogP contribution in [0.3, 0.4) is 0 Å². The number of ether oxygens (including phenoxy) is 3. The van der Waals surface area contributed by atoms with Crippen LogP contribution in [0.2, 0.25) is 0 Å². The molecule has 7 heteroatoms. The van der Waals surface area contributed by atoms with Gasteiger partial charge in [0.1, 0.15) is 11.6 Å². The summed E-state index contributed by atoms with van der Waals surface area (Å²) in [5.41, 5.74) is 1.49. The van der Waals surface area contributed by atoms with Gasteiger partial charge >= 0.3 is 0 Å². The Balaban J connectivity index is 1.36. The summed E-state index contributed by atoms with van der Waals surface area (Å²) in [4.78, 5) is 18.9. The molecule has 27 heavy (non-hydrogen) atoms. The van der Waals surface area contributed by atoms with E-state index in [0.29, 0.717) is 50.5 Å². The highest BCUT2D eigenvalue weighted by Gasteiger charge is 2.40. The molecule has 2 saturated heterocycles. The normalized spacial score (nSPS) is 18.5. The van der Waals surface area contributed by atoms with E-state index in [9.17, 15) is 4.79 Å². The van der Waals surface area contributed by atoms with Crippen molar-refractivity contribution >= 4 is 17.4 Å². The number of likely N-dealkylation sites (tertiary alicyclic amines) is 1. The molecule has 2 aromatic rings. The summed E-state index contributed by atoms with van der Waals surface area (Å²) < 4.78 is 16.6. The lowest BCUT2D eigenvalue weighted by Gasteiger charge is -2.37. The summed E-state index contributed by atoms with van der Waals surface area (Å²) in [6.45, 7) is 2.54. The fourth-order valence-electron chi connectivity index (χ4n) is 3.44. The van der Waals surface area contributed by atoms with Crippen LogP contribution in [-0.2, 0) is 9.47 Å². The van der Waals surface area contributed by atoms with Gasteiger partial charge < -0.3 is 24.4 Å². The summed E-state index contributed by atoms with van der Waals surface area (Å²) >= 11 is 0. The molecule has 1 N–H and O–H groups in total. The van der Waals surface area contributed by atoms with E-state index in [4.69, 9.17) is 14.2 Å². The van der Waals surface area contributed by atoms with Crippen LogP contribution in [0.25, 0.3) is 0 Å². The van der Waals surface area contributed by atoms with Crippen LogP contribution in [0.15, 0.2) is 42.6 Å². The van der Waals surface area contributed by atoms with Gasteiger partial charge in [-0.1, -0.05) is 0 Å². The number of rotatable bonds is 4. The van der Waals surface area contributed by atoms with Crippen LogP contribution in [-0.4, -0.2) is 55.0 Å². The zero-order valence-electron chi connectivity index (χ0n) is 15.3. The van der Waals surface area contributed by atoms with Crippen LogP contribution in [0.5, 0.6) is 5.75 Å². The molecular formula is C20H23N3O4. The molecule has 7 nitrogen and oxygen atoms in total. The molecule has 2 fully saturated rings. The van der Waals surface area contributed by atoms with Gasteiger partial charge in [-0.25, -0.2) is 4.98 Å². The van der Waals surface area contributed by atoms with E-state index in [2.05, 4.69) is 10.3 Å². The topological polar surface area (TPSA) is 72.9 Å². The summed E-state index contributed by atoms with van der Waals surface area (Å²) in [5, 5.41) is 3.21. The molecule has 4 rings (SSSR count). The fourth-order valence-corrected chi connectivity index (χ4v) is 3.44. The number of benzene rings is 1. The number of carbonyl (C=O) groups is 1. The van der Waals surface area contributed by atoms with Crippen molar-refractivity contribution in [2.24, 2.45) is 0 Å². The van der Waals surface area contributed by atoms with Crippen molar-refractivity contribution in [3.63, 3.8) is 0 Å². The summed E-state index contributed by atoms with van der Waals surface area (Å²) in [7, 11) is 1.63. The first-order valence-corrected chi connectivity index (χ1v) is 9.12. The molecule has 1 aromatic heterocycles. The van der Waals surface area contributed by atoms with Crippen LogP contribution < -0.4 is 10.1 Å². The standard InChI is InChI=1S/C20H23N3O4/c1-25-17-5-3-16(4-6-17)22-18-7-2-15(14-21-18)19(24)23-10-8-20(9-11-23)26-12-13-27-20/h2-7,14H,8-13H2,1H3,(H,21,22). The van der Waals surface area contributed by atoms with Crippen molar-refractivity contribution < 1.29 is 19.0 Å². The third-order valence-electron chi connectivity index (χ3n) is 5.00.